The van der Waals surface area contributed by atoms with Gasteiger partial charge in [0.2, 0.25) is 0 Å². The Morgan fingerprint density at radius 1 is 0.786 bits per heavy atom. The van der Waals surface area contributed by atoms with E-state index in [9.17, 15) is 9.59 Å². The molecule has 0 saturated heterocycles. The van der Waals surface area contributed by atoms with Crippen LogP contribution in [0.4, 0.5) is 0 Å². The van der Waals surface area contributed by atoms with E-state index in [0.29, 0.717) is 19.6 Å². The van der Waals surface area contributed by atoms with Gasteiger partial charge in [0.25, 0.3) is 0 Å². The van der Waals surface area contributed by atoms with Crippen LogP contribution in [0, 0.1) is 0 Å². The minimum absolute atomic E-state index is 0.0701. The van der Waals surface area contributed by atoms with Gasteiger partial charge in [-0.1, -0.05) is 109 Å². The fourth-order valence-corrected chi connectivity index (χ4v) is 5.85. The topological polar surface area (TPSA) is 76.7 Å². The first-order valence-corrected chi connectivity index (χ1v) is 14.5. The van der Waals surface area contributed by atoms with Gasteiger partial charge in [-0.3, -0.25) is 14.9 Å². The maximum absolute atomic E-state index is 14.1. The van der Waals surface area contributed by atoms with E-state index in [1.807, 2.05) is 86.6 Å². The molecule has 5 rings (SSSR count). The van der Waals surface area contributed by atoms with Crippen LogP contribution in [0.15, 0.2) is 109 Å². The van der Waals surface area contributed by atoms with Crippen LogP contribution in [-0.4, -0.2) is 37.7 Å². The molecule has 1 atom stereocenters. The predicted octanol–water partition coefficient (Wildman–Crippen LogP) is 5.94. The van der Waals surface area contributed by atoms with Gasteiger partial charge in [0.1, 0.15) is 11.6 Å². The third kappa shape index (κ3) is 5.87. The van der Waals surface area contributed by atoms with Gasteiger partial charge in [-0.2, -0.15) is 0 Å². The number of esters is 2. The van der Waals surface area contributed by atoms with Crippen molar-refractivity contribution in [3.8, 4) is 11.1 Å². The SMILES string of the molecule is CCOC(=O)CNCC[C@H](NC1(c2ccccc2)c2ccccc2-c2ccccc21)C(=O)OC(C)(C)c1ccccc1. The number of carbonyl (C=O) groups is 2. The molecular weight excluding hydrogens is 524 g/mol. The molecule has 216 valence electrons. The summed E-state index contributed by atoms with van der Waals surface area (Å²) in [6, 6.07) is 36.0. The first-order valence-electron chi connectivity index (χ1n) is 14.5. The third-order valence-electron chi connectivity index (χ3n) is 7.84. The lowest BCUT2D eigenvalue weighted by Crippen LogP contribution is -2.53. The first-order chi connectivity index (χ1) is 20.4. The van der Waals surface area contributed by atoms with Crippen molar-refractivity contribution < 1.29 is 19.1 Å². The smallest absolute Gasteiger partial charge is 0.324 e. The van der Waals surface area contributed by atoms with Crippen molar-refractivity contribution in [2.45, 2.75) is 44.4 Å². The van der Waals surface area contributed by atoms with E-state index < -0.39 is 17.2 Å². The Balaban J connectivity index is 1.54. The van der Waals surface area contributed by atoms with E-state index in [1.54, 1.807) is 6.92 Å². The standard InChI is InChI=1S/C36H38N2O4/c1-4-41-33(39)25-37-24-23-32(34(40)42-35(2,3)26-15-7-5-8-16-26)38-36(27-17-9-6-10-18-27)30-21-13-11-19-28(30)29-20-12-14-22-31(29)36/h5-22,32,37-38H,4,23-25H2,1-3H3/t32-/m0/s1. The minimum atomic E-state index is -0.845. The number of hydrogen-bond acceptors (Lipinski definition) is 6. The van der Waals surface area contributed by atoms with Crippen LogP contribution in [0.2, 0.25) is 0 Å². The van der Waals surface area contributed by atoms with Crippen LogP contribution >= 0.6 is 0 Å². The Morgan fingerprint density at radius 2 is 1.33 bits per heavy atom. The summed E-state index contributed by atoms with van der Waals surface area (Å²) in [4.78, 5) is 26.1. The molecule has 0 heterocycles. The van der Waals surface area contributed by atoms with Gasteiger partial charge in [0.05, 0.1) is 18.7 Å². The summed E-state index contributed by atoms with van der Waals surface area (Å²) >= 11 is 0. The molecule has 4 aromatic rings. The summed E-state index contributed by atoms with van der Waals surface area (Å²) in [5.41, 5.74) is 4.71. The van der Waals surface area contributed by atoms with E-state index in [-0.39, 0.29) is 18.5 Å². The maximum Gasteiger partial charge on any atom is 0.324 e. The fourth-order valence-electron chi connectivity index (χ4n) is 5.85. The Morgan fingerprint density at radius 3 is 1.93 bits per heavy atom. The lowest BCUT2D eigenvalue weighted by Gasteiger charge is -2.38. The normalized spacial score (nSPS) is 14.0. The van der Waals surface area contributed by atoms with E-state index in [0.717, 1.165) is 33.4 Å². The number of rotatable bonds is 12. The third-order valence-corrected chi connectivity index (χ3v) is 7.84. The molecule has 2 N–H and O–H groups in total. The summed E-state index contributed by atoms with van der Waals surface area (Å²) in [5.74, 6) is -0.687. The van der Waals surface area contributed by atoms with Crippen LogP contribution in [0.25, 0.3) is 11.1 Å². The fraction of sp³-hybridized carbons (Fsp3) is 0.278. The molecule has 0 radical (unpaired) electrons. The molecule has 42 heavy (non-hydrogen) atoms. The Hall–Kier alpha value is -4.26. The molecule has 0 fully saturated rings. The lowest BCUT2D eigenvalue weighted by atomic mass is 9.79. The van der Waals surface area contributed by atoms with E-state index >= 15 is 0 Å². The quantitative estimate of drug-likeness (QED) is 0.164. The van der Waals surface area contributed by atoms with Gasteiger partial charge in [0.15, 0.2) is 0 Å². The number of ether oxygens (including phenoxy) is 2. The van der Waals surface area contributed by atoms with Crippen LogP contribution in [0.1, 0.15) is 49.4 Å². The average molecular weight is 563 g/mol. The molecule has 6 nitrogen and oxygen atoms in total. The van der Waals surface area contributed by atoms with Crippen molar-refractivity contribution in [2.75, 3.05) is 19.7 Å². The van der Waals surface area contributed by atoms with Gasteiger partial charge in [-0.05, 0) is 67.1 Å². The summed E-state index contributed by atoms with van der Waals surface area (Å²) in [6.07, 6.45) is 0.391. The molecule has 1 aliphatic carbocycles. The average Bonchev–Trinajstić information content (AvgIpc) is 3.30. The molecule has 0 saturated carbocycles. The van der Waals surface area contributed by atoms with Crippen molar-refractivity contribution >= 4 is 11.9 Å². The second-order valence-electron chi connectivity index (χ2n) is 11.0. The predicted molar refractivity (Wildman–Crippen MR) is 165 cm³/mol. The van der Waals surface area contributed by atoms with Crippen molar-refractivity contribution in [2.24, 2.45) is 0 Å². The van der Waals surface area contributed by atoms with Crippen molar-refractivity contribution in [1.82, 2.24) is 10.6 Å². The summed E-state index contributed by atoms with van der Waals surface area (Å²) in [7, 11) is 0. The molecule has 0 bridgehead atoms. The molecule has 0 spiro atoms. The maximum atomic E-state index is 14.1. The van der Waals surface area contributed by atoms with E-state index in [2.05, 4.69) is 47.0 Å². The number of benzene rings is 4. The lowest BCUT2D eigenvalue weighted by molar-refractivity contribution is -0.160. The van der Waals surface area contributed by atoms with Crippen LogP contribution < -0.4 is 10.6 Å². The van der Waals surface area contributed by atoms with E-state index in [1.165, 1.54) is 0 Å². The van der Waals surface area contributed by atoms with Gasteiger partial charge in [-0.15, -0.1) is 0 Å². The van der Waals surface area contributed by atoms with Gasteiger partial charge < -0.3 is 14.8 Å². The zero-order valence-electron chi connectivity index (χ0n) is 24.4. The molecule has 0 aromatic heterocycles. The summed E-state index contributed by atoms with van der Waals surface area (Å²) in [5, 5.41) is 6.96. The highest BCUT2D eigenvalue weighted by atomic mass is 16.6. The number of nitrogens with one attached hydrogen (secondary N) is 2. The van der Waals surface area contributed by atoms with Crippen LogP contribution in [0.5, 0.6) is 0 Å². The molecule has 0 unspecified atom stereocenters. The Labute approximate surface area is 248 Å². The van der Waals surface area contributed by atoms with Crippen molar-refractivity contribution in [3.63, 3.8) is 0 Å². The second-order valence-corrected chi connectivity index (χ2v) is 11.0. The molecule has 6 heteroatoms. The highest BCUT2D eigenvalue weighted by Crippen LogP contribution is 2.51. The summed E-state index contributed by atoms with van der Waals surface area (Å²) in [6.45, 7) is 6.39. The largest absolute Gasteiger partial charge is 0.465 e. The van der Waals surface area contributed by atoms with Crippen molar-refractivity contribution in [1.29, 1.82) is 0 Å². The van der Waals surface area contributed by atoms with Crippen molar-refractivity contribution in [3.05, 3.63) is 131 Å². The molecule has 4 aromatic carbocycles. The van der Waals surface area contributed by atoms with Gasteiger partial charge in [0, 0.05) is 0 Å². The van der Waals surface area contributed by atoms with E-state index in [4.69, 9.17) is 9.47 Å². The summed E-state index contributed by atoms with van der Waals surface area (Å²) < 4.78 is 11.3. The van der Waals surface area contributed by atoms with Gasteiger partial charge in [-0.25, -0.2) is 0 Å². The number of carbonyl (C=O) groups excluding carboxylic acids is 2. The Kier molecular flexibility index (Phi) is 8.86. The zero-order valence-corrected chi connectivity index (χ0v) is 24.4. The number of fused-ring (bicyclic) bond motifs is 3. The second kappa shape index (κ2) is 12.7. The molecule has 0 amide bonds. The molecule has 0 aliphatic heterocycles. The zero-order chi connectivity index (χ0) is 29.6. The molecule has 1 aliphatic rings. The molecular formula is C36H38N2O4. The Bertz CT molecular complexity index is 1470. The first kappa shape index (κ1) is 29.2. The monoisotopic (exact) mass is 562 g/mol. The van der Waals surface area contributed by atoms with Gasteiger partial charge >= 0.3 is 11.9 Å². The van der Waals surface area contributed by atoms with Crippen LogP contribution in [0.3, 0.4) is 0 Å². The highest BCUT2D eigenvalue weighted by molar-refractivity contribution is 5.84. The van der Waals surface area contributed by atoms with Crippen LogP contribution in [-0.2, 0) is 30.2 Å². The minimum Gasteiger partial charge on any atom is -0.465 e. The number of hydrogen-bond donors (Lipinski definition) is 2. The highest BCUT2D eigenvalue weighted by Gasteiger charge is 2.47.